The number of hydrogen-bond acceptors (Lipinski definition) is 4. The average Bonchev–Trinajstić information content (AvgIpc) is 2.55. The monoisotopic (exact) mass is 289 g/mol. The maximum Gasteiger partial charge on any atom is 0.178 e. The van der Waals surface area contributed by atoms with E-state index in [9.17, 15) is 4.79 Å². The zero-order valence-corrected chi connectivity index (χ0v) is 12.2. The molecule has 0 unspecified atom stereocenters. The van der Waals surface area contributed by atoms with E-state index in [0.29, 0.717) is 12.1 Å². The van der Waals surface area contributed by atoms with Gasteiger partial charge in [0, 0.05) is 36.8 Å². The summed E-state index contributed by atoms with van der Waals surface area (Å²) in [5.74, 6) is -0.0288. The van der Waals surface area contributed by atoms with Gasteiger partial charge in [-0.1, -0.05) is 24.3 Å². The molecule has 0 saturated heterocycles. The maximum atomic E-state index is 11.3. The lowest BCUT2D eigenvalue weighted by atomic mass is 10.2. The van der Waals surface area contributed by atoms with Crippen LogP contribution in [0.4, 0.5) is 5.69 Å². The number of nitrogens with zero attached hydrogens (tertiary/aromatic N) is 3. The van der Waals surface area contributed by atoms with Crippen molar-refractivity contribution in [1.29, 1.82) is 0 Å². The van der Waals surface area contributed by atoms with E-state index in [1.807, 2.05) is 48.7 Å². The summed E-state index contributed by atoms with van der Waals surface area (Å²) in [4.78, 5) is 24.5. The molecule has 0 amide bonds. The third-order valence-electron chi connectivity index (χ3n) is 3.32. The molecule has 0 N–H and O–H groups in total. The van der Waals surface area contributed by atoms with E-state index in [1.165, 1.54) is 6.92 Å². The van der Waals surface area contributed by atoms with Crippen LogP contribution in [0.5, 0.6) is 0 Å². The predicted octanol–water partition coefficient (Wildman–Crippen LogP) is 3.78. The molecule has 3 rings (SSSR count). The fourth-order valence-electron chi connectivity index (χ4n) is 2.22. The molecule has 0 spiro atoms. The molecular weight excluding hydrogens is 274 g/mol. The van der Waals surface area contributed by atoms with E-state index >= 15 is 0 Å². The summed E-state index contributed by atoms with van der Waals surface area (Å²) in [5, 5.41) is 1.02. The number of Topliss-reactive ketones (excluding diaryl/α,β-unsaturated/α-hetero) is 1. The Balaban J connectivity index is 1.82. The van der Waals surface area contributed by atoms with Gasteiger partial charge < -0.3 is 0 Å². The molecule has 0 aliphatic heterocycles. The average molecular weight is 289 g/mol. The summed E-state index contributed by atoms with van der Waals surface area (Å²) in [7, 11) is 0. The van der Waals surface area contributed by atoms with Gasteiger partial charge in [0.25, 0.3) is 0 Å². The highest BCUT2D eigenvalue weighted by Gasteiger charge is 2.02. The van der Waals surface area contributed by atoms with Gasteiger partial charge in [0.05, 0.1) is 11.2 Å². The summed E-state index contributed by atoms with van der Waals surface area (Å²) in [6, 6.07) is 15.2. The zero-order valence-electron chi connectivity index (χ0n) is 12.2. The van der Waals surface area contributed by atoms with Crippen LogP contribution in [0, 0.1) is 0 Å². The van der Waals surface area contributed by atoms with E-state index in [0.717, 1.165) is 22.3 Å². The molecule has 22 heavy (non-hydrogen) atoms. The maximum absolute atomic E-state index is 11.3. The van der Waals surface area contributed by atoms with Crippen LogP contribution in [-0.4, -0.2) is 22.0 Å². The van der Waals surface area contributed by atoms with Crippen molar-refractivity contribution in [2.45, 2.75) is 13.3 Å². The molecule has 4 heteroatoms. The van der Waals surface area contributed by atoms with Crippen molar-refractivity contribution in [2.24, 2.45) is 4.99 Å². The minimum absolute atomic E-state index is 0.0288. The first kappa shape index (κ1) is 14.1. The normalized spacial score (nSPS) is 11.1. The Morgan fingerprint density at radius 3 is 2.86 bits per heavy atom. The van der Waals surface area contributed by atoms with Crippen molar-refractivity contribution in [1.82, 2.24) is 9.97 Å². The van der Waals surface area contributed by atoms with Gasteiger partial charge in [0.1, 0.15) is 5.69 Å². The van der Waals surface area contributed by atoms with Crippen LogP contribution in [0.1, 0.15) is 23.1 Å². The van der Waals surface area contributed by atoms with Crippen molar-refractivity contribution in [3.8, 4) is 0 Å². The Morgan fingerprint density at radius 1 is 1.14 bits per heavy atom. The van der Waals surface area contributed by atoms with Crippen LogP contribution < -0.4 is 0 Å². The summed E-state index contributed by atoms with van der Waals surface area (Å²) in [6.45, 7) is 1.52. The van der Waals surface area contributed by atoms with Crippen LogP contribution in [0.15, 0.2) is 59.7 Å². The van der Waals surface area contributed by atoms with Gasteiger partial charge in [-0.2, -0.15) is 0 Å². The largest absolute Gasteiger partial charge is 0.293 e. The number of fused-ring (bicyclic) bond motifs is 1. The molecule has 4 nitrogen and oxygen atoms in total. The van der Waals surface area contributed by atoms with Crippen LogP contribution >= 0.6 is 0 Å². The Hall–Kier alpha value is -2.88. The lowest BCUT2D eigenvalue weighted by molar-refractivity contribution is 0.101. The molecule has 0 fully saturated rings. The second kappa shape index (κ2) is 6.26. The van der Waals surface area contributed by atoms with E-state index < -0.39 is 0 Å². The number of carbonyl (C=O) groups is 1. The molecule has 3 aromatic rings. The van der Waals surface area contributed by atoms with E-state index in [1.54, 1.807) is 12.3 Å². The molecular formula is C18H15N3O. The molecule has 2 aromatic heterocycles. The second-order valence-corrected chi connectivity index (χ2v) is 4.93. The first-order chi connectivity index (χ1) is 10.7. The number of aliphatic imine (C=N–C) groups is 1. The summed E-state index contributed by atoms with van der Waals surface area (Å²) in [6.07, 6.45) is 4.15. The molecule has 1 aromatic carbocycles. The SMILES string of the molecule is CC(=O)c1cccc(CC=Nc2ccnc3ccccc23)n1. The lowest BCUT2D eigenvalue weighted by Crippen LogP contribution is -2.00. The first-order valence-electron chi connectivity index (χ1n) is 7.07. The topological polar surface area (TPSA) is 55.2 Å². The molecule has 0 radical (unpaired) electrons. The van der Waals surface area contributed by atoms with Crippen molar-refractivity contribution >= 4 is 28.6 Å². The standard InChI is InChI=1S/C18H15N3O/c1-13(22)16-8-4-5-14(21-16)9-11-19-18-10-12-20-17-7-3-2-6-15(17)18/h2-8,10-12H,9H2,1H3. The summed E-state index contributed by atoms with van der Waals surface area (Å²) >= 11 is 0. The number of aromatic nitrogens is 2. The minimum atomic E-state index is -0.0288. The smallest absolute Gasteiger partial charge is 0.178 e. The summed E-state index contributed by atoms with van der Waals surface area (Å²) < 4.78 is 0. The van der Waals surface area contributed by atoms with Crippen molar-refractivity contribution in [3.63, 3.8) is 0 Å². The number of carbonyl (C=O) groups excluding carboxylic acids is 1. The number of pyridine rings is 2. The fraction of sp³-hybridized carbons (Fsp3) is 0.111. The van der Waals surface area contributed by atoms with Gasteiger partial charge >= 0.3 is 0 Å². The minimum Gasteiger partial charge on any atom is -0.293 e. The predicted molar refractivity (Wildman–Crippen MR) is 87.8 cm³/mol. The van der Waals surface area contributed by atoms with Crippen molar-refractivity contribution in [3.05, 3.63) is 66.1 Å². The van der Waals surface area contributed by atoms with Gasteiger partial charge in [-0.05, 0) is 24.3 Å². The van der Waals surface area contributed by atoms with Gasteiger partial charge in [0.2, 0.25) is 0 Å². The number of ketones is 1. The summed E-state index contributed by atoms with van der Waals surface area (Å²) in [5.41, 5.74) is 3.12. The lowest BCUT2D eigenvalue weighted by Gasteiger charge is -2.01. The Morgan fingerprint density at radius 2 is 2.00 bits per heavy atom. The highest BCUT2D eigenvalue weighted by Crippen LogP contribution is 2.23. The molecule has 0 atom stereocenters. The number of rotatable bonds is 4. The Labute approximate surface area is 128 Å². The third kappa shape index (κ3) is 3.06. The van der Waals surface area contributed by atoms with Gasteiger partial charge in [0.15, 0.2) is 5.78 Å². The molecule has 0 aliphatic carbocycles. The van der Waals surface area contributed by atoms with Crippen molar-refractivity contribution < 1.29 is 4.79 Å². The van der Waals surface area contributed by atoms with Crippen LogP contribution in [0.25, 0.3) is 10.9 Å². The van der Waals surface area contributed by atoms with Gasteiger partial charge in [-0.15, -0.1) is 0 Å². The van der Waals surface area contributed by atoms with E-state index in [4.69, 9.17) is 0 Å². The first-order valence-corrected chi connectivity index (χ1v) is 7.07. The van der Waals surface area contributed by atoms with Gasteiger partial charge in [-0.3, -0.25) is 14.8 Å². The zero-order chi connectivity index (χ0) is 15.4. The van der Waals surface area contributed by atoms with Crippen molar-refractivity contribution in [2.75, 3.05) is 0 Å². The van der Waals surface area contributed by atoms with Crippen LogP contribution in [0.2, 0.25) is 0 Å². The highest BCUT2D eigenvalue weighted by atomic mass is 16.1. The second-order valence-electron chi connectivity index (χ2n) is 4.93. The Bertz CT molecular complexity index is 850. The number of para-hydroxylation sites is 1. The number of benzene rings is 1. The quantitative estimate of drug-likeness (QED) is 0.542. The van der Waals surface area contributed by atoms with Crippen LogP contribution in [0.3, 0.4) is 0 Å². The molecule has 0 aliphatic rings. The van der Waals surface area contributed by atoms with Crippen LogP contribution in [-0.2, 0) is 6.42 Å². The Kier molecular flexibility index (Phi) is 4.01. The number of hydrogen-bond donors (Lipinski definition) is 0. The third-order valence-corrected chi connectivity index (χ3v) is 3.32. The molecule has 108 valence electrons. The van der Waals surface area contributed by atoms with E-state index in [-0.39, 0.29) is 5.78 Å². The highest BCUT2D eigenvalue weighted by molar-refractivity contribution is 5.92. The molecule has 2 heterocycles. The molecule has 0 saturated carbocycles. The molecule has 0 bridgehead atoms. The van der Waals surface area contributed by atoms with E-state index in [2.05, 4.69) is 15.0 Å². The fourth-order valence-corrected chi connectivity index (χ4v) is 2.22. The van der Waals surface area contributed by atoms with Gasteiger partial charge in [-0.25, -0.2) is 4.98 Å².